The van der Waals surface area contributed by atoms with Gasteiger partial charge in [-0.3, -0.25) is 4.79 Å². The van der Waals surface area contributed by atoms with Crippen LogP contribution in [-0.4, -0.2) is 36.9 Å². The maximum absolute atomic E-state index is 12.1. The third kappa shape index (κ3) is 3.19. The summed E-state index contributed by atoms with van der Waals surface area (Å²) >= 11 is 0. The summed E-state index contributed by atoms with van der Waals surface area (Å²) in [5.41, 5.74) is 4.43. The highest BCUT2D eigenvalue weighted by Gasteiger charge is 2.42. The lowest BCUT2D eigenvalue weighted by molar-refractivity contribution is -0.128. The maximum Gasteiger partial charge on any atom is 0.240 e. The van der Waals surface area contributed by atoms with Gasteiger partial charge in [-0.2, -0.15) is 0 Å². The van der Waals surface area contributed by atoms with Gasteiger partial charge in [0.1, 0.15) is 0 Å². The van der Waals surface area contributed by atoms with Gasteiger partial charge in [0.15, 0.2) is 9.84 Å². The van der Waals surface area contributed by atoms with Gasteiger partial charge in [0, 0.05) is 0 Å². The van der Waals surface area contributed by atoms with Crippen molar-refractivity contribution in [3.8, 4) is 0 Å². The minimum atomic E-state index is -3.01. The third-order valence-electron chi connectivity index (χ3n) is 3.63. The van der Waals surface area contributed by atoms with Gasteiger partial charge in [0.05, 0.1) is 22.6 Å². The smallest absolute Gasteiger partial charge is 0.240 e. The summed E-state index contributed by atoms with van der Waals surface area (Å²) in [4.78, 5) is 12.1. The summed E-state index contributed by atoms with van der Waals surface area (Å²) in [6, 6.07) is 0. The first-order chi connectivity index (χ1) is 7.66. The molecular formula is C11H22N2O3S. The maximum atomic E-state index is 12.1. The van der Waals surface area contributed by atoms with Crippen LogP contribution in [0.1, 0.15) is 40.0 Å². The number of carbonyl (C=O) groups excluding carboxylic acids is 1. The van der Waals surface area contributed by atoms with Crippen LogP contribution in [0, 0.1) is 0 Å². The van der Waals surface area contributed by atoms with Crippen LogP contribution >= 0.6 is 0 Å². The molecule has 0 radical (unpaired) electrons. The van der Waals surface area contributed by atoms with Crippen LogP contribution in [0.4, 0.5) is 0 Å². The number of nitrogens with two attached hydrogens (primary N) is 1. The first kappa shape index (κ1) is 14.4. The zero-order chi connectivity index (χ0) is 13.3. The fourth-order valence-electron chi connectivity index (χ4n) is 2.08. The summed E-state index contributed by atoms with van der Waals surface area (Å²) in [6.07, 6.45) is 1.54. The van der Waals surface area contributed by atoms with Crippen molar-refractivity contribution < 1.29 is 13.2 Å². The first-order valence-electron chi connectivity index (χ1n) is 5.98. The molecular weight excluding hydrogens is 240 g/mol. The van der Waals surface area contributed by atoms with E-state index in [9.17, 15) is 13.2 Å². The predicted octanol–water partition coefficient (Wildman–Crippen LogP) is 0.197. The Morgan fingerprint density at radius 1 is 1.41 bits per heavy atom. The van der Waals surface area contributed by atoms with Crippen molar-refractivity contribution in [2.45, 2.75) is 51.1 Å². The van der Waals surface area contributed by atoms with Crippen molar-refractivity contribution in [1.29, 1.82) is 0 Å². The molecule has 1 aliphatic heterocycles. The zero-order valence-corrected chi connectivity index (χ0v) is 11.6. The van der Waals surface area contributed by atoms with Gasteiger partial charge in [-0.05, 0) is 26.2 Å². The Bertz CT molecular complexity index is 401. The fourth-order valence-corrected chi connectivity index (χ4v) is 4.17. The summed E-state index contributed by atoms with van der Waals surface area (Å²) in [5, 5.41) is 2.81. The topological polar surface area (TPSA) is 89.3 Å². The average Bonchev–Trinajstić information content (AvgIpc) is 2.51. The quantitative estimate of drug-likeness (QED) is 0.757. The van der Waals surface area contributed by atoms with Crippen molar-refractivity contribution in [3.05, 3.63) is 0 Å². The Balaban J connectivity index is 2.76. The molecule has 1 aliphatic rings. The highest BCUT2D eigenvalue weighted by molar-refractivity contribution is 7.91. The summed E-state index contributed by atoms with van der Waals surface area (Å²) < 4.78 is 22.9. The van der Waals surface area contributed by atoms with E-state index in [2.05, 4.69) is 5.32 Å². The van der Waals surface area contributed by atoms with E-state index in [0.29, 0.717) is 19.3 Å². The molecule has 3 N–H and O–H groups in total. The third-order valence-corrected chi connectivity index (χ3v) is 5.54. The lowest BCUT2D eigenvalue weighted by atomic mass is 9.91. The van der Waals surface area contributed by atoms with E-state index in [4.69, 9.17) is 5.73 Å². The number of hydrogen-bond donors (Lipinski definition) is 2. The second-order valence-corrected chi connectivity index (χ2v) is 7.40. The van der Waals surface area contributed by atoms with Crippen LogP contribution < -0.4 is 11.1 Å². The highest BCUT2D eigenvalue weighted by atomic mass is 32.2. The van der Waals surface area contributed by atoms with Gasteiger partial charge in [0.2, 0.25) is 5.91 Å². The number of carbonyl (C=O) groups is 1. The Hall–Kier alpha value is -0.620. The van der Waals surface area contributed by atoms with E-state index in [1.165, 1.54) is 0 Å². The zero-order valence-electron chi connectivity index (χ0n) is 10.7. The molecule has 17 heavy (non-hydrogen) atoms. The van der Waals surface area contributed by atoms with Gasteiger partial charge >= 0.3 is 0 Å². The number of sulfone groups is 1. The van der Waals surface area contributed by atoms with Crippen LogP contribution in [0.3, 0.4) is 0 Å². The predicted molar refractivity (Wildman–Crippen MR) is 67.3 cm³/mol. The van der Waals surface area contributed by atoms with Gasteiger partial charge in [-0.25, -0.2) is 8.42 Å². The minimum Gasteiger partial charge on any atom is -0.348 e. The van der Waals surface area contributed by atoms with Crippen molar-refractivity contribution in [1.82, 2.24) is 5.32 Å². The molecule has 0 saturated carbocycles. The fraction of sp³-hybridized carbons (Fsp3) is 0.909. The second-order valence-electron chi connectivity index (χ2n) is 5.22. The molecule has 0 bridgehead atoms. The molecule has 1 fully saturated rings. The molecule has 0 aromatic rings. The van der Waals surface area contributed by atoms with Crippen LogP contribution in [-0.2, 0) is 14.6 Å². The van der Waals surface area contributed by atoms with E-state index in [1.54, 1.807) is 6.92 Å². The van der Waals surface area contributed by atoms with Gasteiger partial charge in [-0.15, -0.1) is 0 Å². The molecule has 0 aliphatic carbocycles. The largest absolute Gasteiger partial charge is 0.348 e. The van der Waals surface area contributed by atoms with Crippen molar-refractivity contribution in [2.24, 2.45) is 5.73 Å². The van der Waals surface area contributed by atoms with Crippen LogP contribution in [0.2, 0.25) is 0 Å². The number of amides is 1. The van der Waals surface area contributed by atoms with Crippen LogP contribution in [0.5, 0.6) is 0 Å². The molecule has 1 saturated heterocycles. The standard InChI is InChI=1S/C11H22N2O3S/c1-4-11(12,5-2)9(14)13-10(3)6-7-17(15,16)8-10/h4-8,12H2,1-3H3,(H,13,14). The monoisotopic (exact) mass is 262 g/mol. The van der Waals surface area contributed by atoms with Gasteiger partial charge < -0.3 is 11.1 Å². The Morgan fingerprint density at radius 2 is 1.94 bits per heavy atom. The van der Waals surface area contributed by atoms with Crippen LogP contribution in [0.15, 0.2) is 0 Å². The summed E-state index contributed by atoms with van der Waals surface area (Å²) in [7, 11) is -3.01. The van der Waals surface area contributed by atoms with E-state index >= 15 is 0 Å². The molecule has 1 heterocycles. The van der Waals surface area contributed by atoms with Crippen LogP contribution in [0.25, 0.3) is 0 Å². The van der Waals surface area contributed by atoms with E-state index in [0.717, 1.165) is 0 Å². The second kappa shape index (κ2) is 4.57. The lowest BCUT2D eigenvalue weighted by Gasteiger charge is -2.32. The van der Waals surface area contributed by atoms with Gasteiger partial charge in [0.25, 0.3) is 0 Å². The van der Waals surface area contributed by atoms with Crippen molar-refractivity contribution in [2.75, 3.05) is 11.5 Å². The average molecular weight is 262 g/mol. The number of rotatable bonds is 4. The Labute approximate surface area is 103 Å². The molecule has 0 spiro atoms. The Kier molecular flexibility index (Phi) is 3.88. The first-order valence-corrected chi connectivity index (χ1v) is 7.80. The van der Waals surface area contributed by atoms with Crippen molar-refractivity contribution in [3.63, 3.8) is 0 Å². The van der Waals surface area contributed by atoms with E-state index in [-0.39, 0.29) is 17.4 Å². The minimum absolute atomic E-state index is 0.00918. The molecule has 6 heteroatoms. The van der Waals surface area contributed by atoms with Gasteiger partial charge in [-0.1, -0.05) is 13.8 Å². The molecule has 1 atom stereocenters. The van der Waals surface area contributed by atoms with E-state index < -0.39 is 20.9 Å². The number of hydrogen-bond acceptors (Lipinski definition) is 4. The molecule has 1 unspecified atom stereocenters. The Morgan fingerprint density at radius 3 is 2.29 bits per heavy atom. The summed E-state index contributed by atoms with van der Waals surface area (Å²) in [6.45, 7) is 5.48. The SMILES string of the molecule is CCC(N)(CC)C(=O)NC1(C)CCS(=O)(=O)C1. The van der Waals surface area contributed by atoms with E-state index in [1.807, 2.05) is 13.8 Å². The lowest BCUT2D eigenvalue weighted by Crippen LogP contribution is -2.59. The molecule has 100 valence electrons. The normalized spacial score (nSPS) is 28.0. The highest BCUT2D eigenvalue weighted by Crippen LogP contribution is 2.24. The molecule has 0 aromatic carbocycles. The molecule has 0 aromatic heterocycles. The summed E-state index contributed by atoms with van der Waals surface area (Å²) in [5.74, 6) is -0.100. The number of nitrogens with one attached hydrogen (secondary N) is 1. The van der Waals surface area contributed by atoms with Crippen molar-refractivity contribution >= 4 is 15.7 Å². The molecule has 1 rings (SSSR count). The molecule has 1 amide bonds. The molecule has 5 nitrogen and oxygen atoms in total.